The first-order valence-electron chi connectivity index (χ1n) is 8.78. The minimum atomic E-state index is -7.73. The molecule has 0 atom stereocenters. The predicted octanol–water partition coefficient (Wildman–Crippen LogP) is 5.51. The summed E-state index contributed by atoms with van der Waals surface area (Å²) in [6, 6.07) is -0.441. The maximum absolute atomic E-state index is 14.5. The number of hydrogen-bond donors (Lipinski definition) is 0. The highest BCUT2D eigenvalue weighted by Gasteiger charge is 2.87. The van der Waals surface area contributed by atoms with Gasteiger partial charge in [-0.3, -0.25) is 20.2 Å². The Morgan fingerprint density at radius 3 is 1.11 bits per heavy atom. The van der Waals surface area contributed by atoms with E-state index in [9.17, 15) is 72.2 Å². The number of nitrogens with zero attached hydrogens (tertiary/aromatic N) is 2. The fraction of sp³-hybridized carbons (Fsp3) is 0.250. The molecule has 0 radical (unpaired) electrons. The highest BCUT2D eigenvalue weighted by Crippen LogP contribution is 2.58. The van der Waals surface area contributed by atoms with Crippen LogP contribution in [-0.4, -0.2) is 49.0 Å². The lowest BCUT2D eigenvalue weighted by Crippen LogP contribution is -2.66. The van der Waals surface area contributed by atoms with Crippen LogP contribution in [0.5, 0.6) is 0 Å². The molecular weight excluding hydrogens is 635 g/mol. The average Bonchev–Trinajstić information content (AvgIpc) is 2.78. The molecule has 0 spiro atoms. The summed E-state index contributed by atoms with van der Waals surface area (Å²) in [6.07, 6.45) is 0. The van der Waals surface area contributed by atoms with Crippen LogP contribution in [0.1, 0.15) is 0 Å². The Labute approximate surface area is 214 Å². The fourth-order valence-corrected chi connectivity index (χ4v) is 5.52. The van der Waals surface area contributed by atoms with Gasteiger partial charge in [0, 0.05) is 12.1 Å². The number of sulfone groups is 2. The third kappa shape index (κ3) is 4.41. The number of nitro groups is 2. The highest BCUT2D eigenvalue weighted by molar-refractivity contribution is 7.93. The van der Waals surface area contributed by atoms with E-state index in [-0.39, 0.29) is 36.4 Å². The number of hydrogen-bond acceptors (Lipinski definition) is 8. The Morgan fingerprint density at radius 2 is 0.868 bits per heavy atom. The fourth-order valence-electron chi connectivity index (χ4n) is 2.60. The SMILES string of the molecule is O=[N+]([O-])c1cc(S(=O)(=O)C(F)(F)C(F)(F)C(F)(F)C(F)(F)S(=O)(=O)c2ccc(Cl)c([N+](=O)[O-])c2)ccc1Cl. The zero-order valence-corrected chi connectivity index (χ0v) is 20.4. The van der Waals surface area contributed by atoms with Crippen molar-refractivity contribution in [3.8, 4) is 0 Å². The van der Waals surface area contributed by atoms with Gasteiger partial charge in [-0.2, -0.15) is 35.1 Å². The van der Waals surface area contributed by atoms with Crippen LogP contribution in [-0.2, 0) is 19.7 Å². The summed E-state index contributed by atoms with van der Waals surface area (Å²) in [5.41, 5.74) is -2.98. The zero-order valence-electron chi connectivity index (χ0n) is 17.2. The standard InChI is InChI=1S/C16H6Cl2F8N2O8S2/c17-9-3-1-7(5-11(9)27(29)30)37(33,34)15(23,24)13(19,20)14(21,22)16(25,26)38(35,36)8-2-4-10(18)12(6-8)28(31)32/h1-6H. The minimum absolute atomic E-state index is 0.0749. The van der Waals surface area contributed by atoms with E-state index in [4.69, 9.17) is 23.2 Å². The van der Waals surface area contributed by atoms with Crippen molar-refractivity contribution in [3.63, 3.8) is 0 Å². The van der Waals surface area contributed by atoms with Crippen molar-refractivity contribution in [1.82, 2.24) is 0 Å². The summed E-state index contributed by atoms with van der Waals surface area (Å²) in [6.45, 7) is 0. The normalized spacial score (nSPS) is 13.8. The third-order valence-electron chi connectivity index (χ3n) is 4.65. The molecule has 0 aliphatic rings. The maximum Gasteiger partial charge on any atom is 0.418 e. The minimum Gasteiger partial charge on any atom is -0.258 e. The maximum atomic E-state index is 14.5. The van der Waals surface area contributed by atoms with Crippen molar-refractivity contribution < 1.29 is 61.8 Å². The van der Waals surface area contributed by atoms with Gasteiger partial charge in [-0.1, -0.05) is 23.2 Å². The summed E-state index contributed by atoms with van der Waals surface area (Å²) in [7, 11) is -14.4. The third-order valence-corrected chi connectivity index (χ3v) is 8.90. The van der Waals surface area contributed by atoms with E-state index in [1.807, 2.05) is 0 Å². The van der Waals surface area contributed by atoms with E-state index in [2.05, 4.69) is 0 Å². The van der Waals surface area contributed by atoms with E-state index in [0.717, 1.165) is 0 Å². The van der Waals surface area contributed by atoms with Gasteiger partial charge >= 0.3 is 22.4 Å². The van der Waals surface area contributed by atoms with E-state index in [1.165, 1.54) is 0 Å². The van der Waals surface area contributed by atoms with Crippen LogP contribution in [0.3, 0.4) is 0 Å². The molecule has 0 heterocycles. The molecule has 0 aliphatic carbocycles. The molecule has 22 heteroatoms. The number of rotatable bonds is 9. The lowest BCUT2D eigenvalue weighted by atomic mass is 10.2. The van der Waals surface area contributed by atoms with Gasteiger partial charge in [0.05, 0.1) is 19.6 Å². The van der Waals surface area contributed by atoms with Crippen molar-refractivity contribution in [2.24, 2.45) is 0 Å². The molecule has 38 heavy (non-hydrogen) atoms. The van der Waals surface area contributed by atoms with Gasteiger partial charge in [0.1, 0.15) is 10.0 Å². The summed E-state index contributed by atoms with van der Waals surface area (Å²) < 4.78 is 164. The first kappa shape index (κ1) is 31.4. The summed E-state index contributed by atoms with van der Waals surface area (Å²) in [5, 5.41) is 5.32. The van der Waals surface area contributed by atoms with Crippen molar-refractivity contribution in [1.29, 1.82) is 0 Å². The van der Waals surface area contributed by atoms with Crippen LogP contribution in [0.25, 0.3) is 0 Å². The van der Waals surface area contributed by atoms with Gasteiger partial charge in [0.25, 0.3) is 11.4 Å². The molecule has 2 aromatic carbocycles. The number of halogens is 10. The molecule has 0 unspecified atom stereocenters. The Morgan fingerprint density at radius 1 is 0.605 bits per heavy atom. The molecular formula is C16H6Cl2F8N2O8S2. The van der Waals surface area contributed by atoms with Crippen LogP contribution in [0.15, 0.2) is 46.2 Å². The molecule has 2 rings (SSSR count). The van der Waals surface area contributed by atoms with Gasteiger partial charge in [-0.25, -0.2) is 16.8 Å². The second-order valence-corrected chi connectivity index (χ2v) is 11.7. The van der Waals surface area contributed by atoms with E-state index in [1.54, 1.807) is 0 Å². The second kappa shape index (κ2) is 9.42. The van der Waals surface area contributed by atoms with Crippen molar-refractivity contribution in [2.45, 2.75) is 32.1 Å². The predicted molar refractivity (Wildman–Crippen MR) is 110 cm³/mol. The molecule has 2 aromatic rings. The molecule has 0 saturated heterocycles. The molecule has 0 N–H and O–H groups in total. The summed E-state index contributed by atoms with van der Waals surface area (Å²) in [5.74, 6) is -15.5. The molecule has 0 saturated carbocycles. The van der Waals surface area contributed by atoms with E-state index >= 15 is 0 Å². The van der Waals surface area contributed by atoms with E-state index < -0.39 is 83.1 Å². The Hall–Kier alpha value is -2.84. The average molecular weight is 641 g/mol. The molecule has 210 valence electrons. The lowest BCUT2D eigenvalue weighted by molar-refractivity contribution is -0.385. The quantitative estimate of drug-likeness (QED) is 0.197. The topological polar surface area (TPSA) is 155 Å². The Bertz CT molecular complexity index is 1440. The van der Waals surface area contributed by atoms with Crippen molar-refractivity contribution in [2.75, 3.05) is 0 Å². The van der Waals surface area contributed by atoms with Gasteiger partial charge < -0.3 is 0 Å². The number of nitro benzene ring substituents is 2. The highest BCUT2D eigenvalue weighted by atomic mass is 35.5. The first-order valence-corrected chi connectivity index (χ1v) is 12.5. The lowest BCUT2D eigenvalue weighted by Gasteiger charge is -2.35. The Balaban J connectivity index is 2.74. The Kier molecular flexibility index (Phi) is 7.78. The molecule has 10 nitrogen and oxygen atoms in total. The van der Waals surface area contributed by atoms with Crippen LogP contribution < -0.4 is 0 Å². The van der Waals surface area contributed by atoms with Gasteiger partial charge in [-0.05, 0) is 24.3 Å². The molecule has 0 aliphatic heterocycles. The van der Waals surface area contributed by atoms with Crippen LogP contribution in [0.2, 0.25) is 10.0 Å². The van der Waals surface area contributed by atoms with Crippen LogP contribution >= 0.6 is 23.2 Å². The molecule has 0 amide bonds. The smallest absolute Gasteiger partial charge is 0.258 e. The van der Waals surface area contributed by atoms with Crippen molar-refractivity contribution in [3.05, 3.63) is 66.7 Å². The zero-order chi connectivity index (χ0) is 29.9. The van der Waals surface area contributed by atoms with Gasteiger partial charge in [-0.15, -0.1) is 0 Å². The van der Waals surface area contributed by atoms with E-state index in [0.29, 0.717) is 0 Å². The van der Waals surface area contributed by atoms with Crippen LogP contribution in [0.4, 0.5) is 46.5 Å². The first-order chi connectivity index (χ1) is 16.9. The molecule has 0 aromatic heterocycles. The van der Waals surface area contributed by atoms with Crippen molar-refractivity contribution >= 4 is 54.3 Å². The van der Waals surface area contributed by atoms with Gasteiger partial charge in [0.2, 0.25) is 19.7 Å². The number of benzene rings is 2. The van der Waals surface area contributed by atoms with Crippen LogP contribution in [0, 0.1) is 20.2 Å². The largest absolute Gasteiger partial charge is 0.418 e. The second-order valence-electron chi connectivity index (χ2n) is 6.93. The number of alkyl halides is 8. The molecule has 0 bridgehead atoms. The monoisotopic (exact) mass is 640 g/mol. The summed E-state index contributed by atoms with van der Waals surface area (Å²) >= 11 is 10.6. The summed E-state index contributed by atoms with van der Waals surface area (Å²) in [4.78, 5) is 14.4. The van der Waals surface area contributed by atoms with Gasteiger partial charge in [0.15, 0.2) is 0 Å². The molecule has 0 fully saturated rings.